The van der Waals surface area contributed by atoms with Crippen LogP contribution in [0.4, 0.5) is 0 Å². The number of carbonyl (C=O) groups excluding carboxylic acids is 2. The first-order valence-electron chi connectivity index (χ1n) is 23.9. The van der Waals surface area contributed by atoms with E-state index in [1.807, 2.05) is 13.8 Å². The zero-order chi connectivity index (χ0) is 42.5. The van der Waals surface area contributed by atoms with Crippen LogP contribution in [0.15, 0.2) is 11.6 Å². The molecule has 0 amide bonds. The summed E-state index contributed by atoms with van der Waals surface area (Å²) in [6.07, 6.45) is 5.77. The molecular formula is C46H77N5O9. The van der Waals surface area contributed by atoms with E-state index in [1.165, 1.54) is 0 Å². The summed E-state index contributed by atoms with van der Waals surface area (Å²) in [5.41, 5.74) is 13.2. The summed E-state index contributed by atoms with van der Waals surface area (Å²) in [6, 6.07) is 0. The van der Waals surface area contributed by atoms with E-state index < -0.39 is 65.9 Å². The van der Waals surface area contributed by atoms with Gasteiger partial charge in [-0.2, -0.15) is 0 Å². The molecule has 8 fully saturated rings. The quantitative estimate of drug-likeness (QED) is 0.119. The van der Waals surface area contributed by atoms with Gasteiger partial charge in [-0.25, -0.2) is 4.79 Å². The Morgan fingerprint density at radius 1 is 0.933 bits per heavy atom. The fourth-order valence-corrected chi connectivity index (χ4v) is 14.7. The third kappa shape index (κ3) is 8.43. The Morgan fingerprint density at radius 3 is 2.43 bits per heavy atom. The van der Waals surface area contributed by atoms with Gasteiger partial charge in [-0.05, 0) is 157 Å². The number of nitrogens with two attached hydrogens (primary N) is 2. The Bertz CT molecular complexity index is 1530. The number of esters is 1. The number of Topliss-reactive ketones (excluding diaryl/α,β-unsaturated/α-hetero) is 1. The highest BCUT2D eigenvalue weighted by Crippen LogP contribution is 2.61. The van der Waals surface area contributed by atoms with Crippen molar-refractivity contribution in [2.45, 2.75) is 152 Å². The number of ketones is 1. The van der Waals surface area contributed by atoms with Crippen molar-refractivity contribution in [1.29, 1.82) is 0 Å². The highest BCUT2D eigenvalue weighted by Gasteiger charge is 2.67. The van der Waals surface area contributed by atoms with Crippen molar-refractivity contribution in [3.8, 4) is 0 Å². The molecule has 8 rings (SSSR count). The second-order valence-electron chi connectivity index (χ2n) is 20.6. The average molecular weight is 844 g/mol. The number of piperidine rings is 2. The van der Waals surface area contributed by atoms with Gasteiger partial charge in [0.2, 0.25) is 0 Å². The van der Waals surface area contributed by atoms with E-state index in [-0.39, 0.29) is 79.2 Å². The van der Waals surface area contributed by atoms with Gasteiger partial charge in [0.05, 0.1) is 55.4 Å². The Kier molecular flexibility index (Phi) is 14.2. The van der Waals surface area contributed by atoms with Crippen molar-refractivity contribution >= 4 is 11.8 Å². The first kappa shape index (κ1) is 45.0. The number of hydrogen-bond donors (Lipinski definition) is 9. The highest BCUT2D eigenvalue weighted by molar-refractivity contribution is 5.89. The monoisotopic (exact) mass is 844 g/mol. The summed E-state index contributed by atoms with van der Waals surface area (Å²) >= 11 is 0. The van der Waals surface area contributed by atoms with Crippen LogP contribution in [0.2, 0.25) is 0 Å². The van der Waals surface area contributed by atoms with Crippen molar-refractivity contribution < 1.29 is 44.2 Å². The van der Waals surface area contributed by atoms with E-state index in [0.29, 0.717) is 49.9 Å². The smallest absolute Gasteiger partial charge is 0.335 e. The number of ether oxygens (including phenoxy) is 3. The molecule has 14 nitrogen and oxygen atoms in total. The van der Waals surface area contributed by atoms with Gasteiger partial charge in [0.25, 0.3) is 0 Å². The number of nitrogens with one attached hydrogen (secondary N) is 3. The maximum Gasteiger partial charge on any atom is 0.335 e. The van der Waals surface area contributed by atoms with Gasteiger partial charge in [-0.1, -0.05) is 13.0 Å². The van der Waals surface area contributed by atoms with Gasteiger partial charge in [0, 0.05) is 37.0 Å². The van der Waals surface area contributed by atoms with E-state index in [9.17, 15) is 30.0 Å². The minimum atomic E-state index is -1.13. The number of fused-ring (bicyclic) bond motifs is 5. The predicted octanol–water partition coefficient (Wildman–Crippen LogP) is 1.56. The van der Waals surface area contributed by atoms with E-state index in [2.05, 4.69) is 22.9 Å². The lowest BCUT2D eigenvalue weighted by atomic mass is 9.50. The normalized spacial score (nSPS) is 49.6. The molecule has 0 aromatic heterocycles. The molecule has 8 aliphatic rings. The van der Waals surface area contributed by atoms with Crippen LogP contribution in [-0.2, 0) is 23.8 Å². The Hall–Kier alpha value is -1.56. The lowest BCUT2D eigenvalue weighted by Crippen LogP contribution is -2.72. The fraction of sp³-hybridized carbons (Fsp3) is 0.913. The molecule has 5 aliphatic heterocycles. The number of rotatable bonds is 9. The van der Waals surface area contributed by atoms with Crippen molar-refractivity contribution in [1.82, 2.24) is 16.0 Å². The maximum absolute atomic E-state index is 14.4. The Labute approximate surface area is 357 Å². The number of aliphatic hydroxyl groups excluding tert-OH is 4. The number of likely N-dealkylation sites (N-methyl/N-ethyl adjacent to an activating group) is 1. The average Bonchev–Trinajstić information content (AvgIpc) is 3.28. The third-order valence-electron chi connectivity index (χ3n) is 17.6. The molecule has 3 aliphatic carbocycles. The minimum Gasteiger partial charge on any atom is -0.456 e. The highest BCUT2D eigenvalue weighted by atomic mass is 16.6. The fourth-order valence-electron chi connectivity index (χ4n) is 14.7. The Balaban J connectivity index is 1.33. The van der Waals surface area contributed by atoms with E-state index in [1.54, 1.807) is 6.08 Å². The summed E-state index contributed by atoms with van der Waals surface area (Å²) in [4.78, 5) is 28.7. The molecule has 3 saturated carbocycles. The lowest BCUT2D eigenvalue weighted by molar-refractivity contribution is -0.311. The molecule has 4 bridgehead atoms. The van der Waals surface area contributed by atoms with E-state index >= 15 is 0 Å². The van der Waals surface area contributed by atoms with Gasteiger partial charge in [0.1, 0.15) is 17.5 Å². The number of aliphatic hydroxyl groups is 4. The van der Waals surface area contributed by atoms with Crippen LogP contribution in [0, 0.1) is 71.0 Å². The second-order valence-corrected chi connectivity index (χ2v) is 20.6. The first-order valence-corrected chi connectivity index (χ1v) is 23.9. The van der Waals surface area contributed by atoms with E-state index in [4.69, 9.17) is 25.7 Å². The minimum absolute atomic E-state index is 0.0000326. The molecule has 11 N–H and O–H groups in total. The maximum atomic E-state index is 14.4. The lowest BCUT2D eigenvalue weighted by Gasteiger charge is -2.63. The summed E-state index contributed by atoms with van der Waals surface area (Å²) in [6.45, 7) is 8.12. The molecule has 14 heteroatoms. The van der Waals surface area contributed by atoms with Crippen LogP contribution in [0.5, 0.6) is 0 Å². The Morgan fingerprint density at radius 2 is 1.72 bits per heavy atom. The molecule has 21 atom stereocenters. The molecule has 340 valence electrons. The molecule has 5 heterocycles. The van der Waals surface area contributed by atoms with Crippen molar-refractivity contribution in [2.75, 3.05) is 39.4 Å². The third-order valence-corrected chi connectivity index (χ3v) is 17.6. The van der Waals surface area contributed by atoms with Crippen LogP contribution in [0.3, 0.4) is 0 Å². The predicted molar refractivity (Wildman–Crippen MR) is 225 cm³/mol. The topological polar surface area (TPSA) is 231 Å². The molecule has 0 radical (unpaired) electrons. The second kappa shape index (κ2) is 18.9. The number of hydrogen-bond acceptors (Lipinski definition) is 14. The summed E-state index contributed by atoms with van der Waals surface area (Å²) in [5.74, 6) is -2.07. The summed E-state index contributed by atoms with van der Waals surface area (Å²) in [7, 11) is 0. The summed E-state index contributed by atoms with van der Waals surface area (Å²) in [5, 5.41) is 56.8. The van der Waals surface area contributed by atoms with Gasteiger partial charge >= 0.3 is 5.97 Å². The molecular weight excluding hydrogens is 767 g/mol. The van der Waals surface area contributed by atoms with Crippen LogP contribution in [0.25, 0.3) is 0 Å². The van der Waals surface area contributed by atoms with Crippen molar-refractivity contribution in [3.05, 3.63) is 11.6 Å². The van der Waals surface area contributed by atoms with Gasteiger partial charge < -0.3 is 62.1 Å². The number of carbonyl (C=O) groups is 2. The standard InChI is InChI=1S/C46H77N5O9/c1-4-24(20-49-5-2)45(57)59-35-18-32-41(56)39-34(55)17-29(21-52)58-43(39)40-38-30-12-13-50-44(48)37(30)26(8-7-25-9-10-28(54)16-31(25)33(38)22-53)15-27(46(35,3)60-42(32)40)14-23-6-11-36(47)51-19-23/h4,23,25-33,35-44,49-54,56H,5-22,47-48H2,1-3H3/t23?,25?,26?,27-,28?,29?,30?,31?,32?,33?,35+,36?,37?,38?,39?,40?,41?,42?,43?,44?,46+/m1/s1. The number of allylic oxidation sites excluding steroid dienone is 1. The molecule has 0 aromatic rings. The zero-order valence-electron chi connectivity index (χ0n) is 36.3. The molecule has 60 heavy (non-hydrogen) atoms. The zero-order valence-corrected chi connectivity index (χ0v) is 36.3. The summed E-state index contributed by atoms with van der Waals surface area (Å²) < 4.78 is 21.4. The SMILES string of the molecule is CC=C(CNCC)C(=O)O[C@H]1CC2C(O)C3C(=O)CC(CO)OC3C3C2O[C@@]1(C)[C@H](CC1CCC(N)NC1)CC1CCC2CCC(O)CC2C(CO)C3C2CCNC(N)C12. The van der Waals surface area contributed by atoms with Crippen LogP contribution in [0.1, 0.15) is 97.8 Å². The van der Waals surface area contributed by atoms with Gasteiger partial charge in [0.15, 0.2) is 0 Å². The van der Waals surface area contributed by atoms with Crippen molar-refractivity contribution in [3.63, 3.8) is 0 Å². The van der Waals surface area contributed by atoms with Crippen LogP contribution in [-0.4, -0.2) is 126 Å². The largest absolute Gasteiger partial charge is 0.456 e. The van der Waals surface area contributed by atoms with Gasteiger partial charge in [-0.3, -0.25) is 4.79 Å². The van der Waals surface area contributed by atoms with Gasteiger partial charge in [-0.15, -0.1) is 0 Å². The van der Waals surface area contributed by atoms with E-state index in [0.717, 1.165) is 64.3 Å². The molecule has 0 aromatic carbocycles. The van der Waals surface area contributed by atoms with Crippen LogP contribution >= 0.6 is 0 Å². The molecule has 5 saturated heterocycles. The molecule has 18 unspecified atom stereocenters. The first-order chi connectivity index (χ1) is 28.9. The van der Waals surface area contributed by atoms with Crippen LogP contribution < -0.4 is 27.4 Å². The van der Waals surface area contributed by atoms with Crippen molar-refractivity contribution in [2.24, 2.45) is 82.5 Å². The molecule has 0 spiro atoms.